The zero-order valence-corrected chi connectivity index (χ0v) is 16.5. The van der Waals surface area contributed by atoms with Crippen LogP contribution in [-0.4, -0.2) is 19.4 Å². The molecule has 3 aromatic rings. The fraction of sp³-hybridized carbons (Fsp3) is 0.0556. The van der Waals surface area contributed by atoms with Crippen LogP contribution in [-0.2, 0) is 10.0 Å². The molecular weight excluding hydrogens is 408 g/mol. The molecule has 2 aromatic carbocycles. The van der Waals surface area contributed by atoms with Gasteiger partial charge in [0.25, 0.3) is 15.9 Å². The van der Waals surface area contributed by atoms with E-state index in [1.54, 1.807) is 36.6 Å². The molecule has 0 spiro atoms. The van der Waals surface area contributed by atoms with Crippen LogP contribution in [0, 0.1) is 6.92 Å². The molecule has 0 saturated carbocycles. The molecule has 3 rings (SSSR count). The van der Waals surface area contributed by atoms with Crippen molar-refractivity contribution < 1.29 is 18.3 Å². The highest BCUT2D eigenvalue weighted by Gasteiger charge is 2.19. The number of rotatable bonds is 5. The highest BCUT2D eigenvalue weighted by molar-refractivity contribution is 7.92. The van der Waals surface area contributed by atoms with Gasteiger partial charge in [0.2, 0.25) is 0 Å². The van der Waals surface area contributed by atoms with Gasteiger partial charge in [0.1, 0.15) is 5.75 Å². The number of sulfonamides is 1. The summed E-state index contributed by atoms with van der Waals surface area (Å²) in [7, 11) is -3.94. The maximum atomic E-state index is 12.6. The summed E-state index contributed by atoms with van der Waals surface area (Å²) in [6.45, 7) is 1.79. The number of benzene rings is 2. The molecule has 0 aliphatic carbocycles. The molecular formula is C18H15ClN2O4S2. The second-order valence-electron chi connectivity index (χ2n) is 5.68. The molecule has 0 radical (unpaired) electrons. The van der Waals surface area contributed by atoms with Crippen molar-refractivity contribution in [2.45, 2.75) is 11.8 Å². The van der Waals surface area contributed by atoms with E-state index >= 15 is 0 Å². The first-order chi connectivity index (χ1) is 12.8. The van der Waals surface area contributed by atoms with Gasteiger partial charge in [-0.05, 0) is 60.3 Å². The predicted octanol–water partition coefficient (Wildman–Crippen LogP) is 4.47. The second kappa shape index (κ2) is 7.59. The van der Waals surface area contributed by atoms with Crippen LogP contribution >= 0.6 is 22.9 Å². The number of aromatic hydroxyl groups is 1. The molecule has 140 valence electrons. The van der Waals surface area contributed by atoms with Gasteiger partial charge < -0.3 is 10.4 Å². The van der Waals surface area contributed by atoms with Crippen LogP contribution in [0.3, 0.4) is 0 Å². The summed E-state index contributed by atoms with van der Waals surface area (Å²) in [4.78, 5) is 12.7. The van der Waals surface area contributed by atoms with Crippen LogP contribution in [0.5, 0.6) is 5.75 Å². The number of anilines is 2. The van der Waals surface area contributed by atoms with E-state index in [0.717, 1.165) is 5.56 Å². The van der Waals surface area contributed by atoms with Crippen molar-refractivity contribution in [3.63, 3.8) is 0 Å². The molecule has 0 aliphatic rings. The van der Waals surface area contributed by atoms with Crippen LogP contribution in [0.25, 0.3) is 0 Å². The molecule has 9 heteroatoms. The number of nitrogens with one attached hydrogen (secondary N) is 2. The van der Waals surface area contributed by atoms with Gasteiger partial charge in [-0.3, -0.25) is 9.52 Å². The number of phenolic OH excluding ortho intramolecular Hbond substituents is 1. The number of amides is 1. The topological polar surface area (TPSA) is 95.5 Å². The molecule has 0 unspecified atom stereocenters. The minimum absolute atomic E-state index is 0.00164. The number of halogens is 1. The Morgan fingerprint density at radius 3 is 2.59 bits per heavy atom. The summed E-state index contributed by atoms with van der Waals surface area (Å²) in [5.74, 6) is -0.658. The summed E-state index contributed by atoms with van der Waals surface area (Å²) in [5, 5.41) is 14.7. The van der Waals surface area contributed by atoms with Crippen molar-refractivity contribution in [3.05, 3.63) is 69.4 Å². The van der Waals surface area contributed by atoms with Gasteiger partial charge in [-0.2, -0.15) is 0 Å². The number of aryl methyl sites for hydroxylation is 1. The molecule has 1 heterocycles. The zero-order valence-electron chi connectivity index (χ0n) is 14.1. The Kier molecular flexibility index (Phi) is 5.41. The Morgan fingerprint density at radius 2 is 1.93 bits per heavy atom. The van der Waals surface area contributed by atoms with Gasteiger partial charge >= 0.3 is 0 Å². The summed E-state index contributed by atoms with van der Waals surface area (Å²) < 4.78 is 27.6. The van der Waals surface area contributed by atoms with Crippen molar-refractivity contribution in [1.82, 2.24) is 0 Å². The molecule has 0 saturated heterocycles. The lowest BCUT2D eigenvalue weighted by Crippen LogP contribution is -2.15. The van der Waals surface area contributed by atoms with Gasteiger partial charge in [-0.1, -0.05) is 17.7 Å². The maximum absolute atomic E-state index is 12.6. The van der Waals surface area contributed by atoms with Gasteiger partial charge in [-0.15, -0.1) is 11.3 Å². The summed E-state index contributed by atoms with van der Waals surface area (Å²) in [6, 6.07) is 11.7. The van der Waals surface area contributed by atoms with E-state index in [0.29, 0.717) is 15.6 Å². The quantitative estimate of drug-likeness (QED) is 0.528. The average Bonchev–Trinajstić information content (AvgIpc) is 3.02. The van der Waals surface area contributed by atoms with Crippen LogP contribution in [0.4, 0.5) is 11.4 Å². The van der Waals surface area contributed by atoms with Crippen molar-refractivity contribution in [2.24, 2.45) is 0 Å². The van der Waals surface area contributed by atoms with E-state index in [1.807, 2.05) is 0 Å². The largest absolute Gasteiger partial charge is 0.506 e. The van der Waals surface area contributed by atoms with E-state index in [9.17, 15) is 18.3 Å². The zero-order chi connectivity index (χ0) is 19.6. The second-order valence-corrected chi connectivity index (χ2v) is 8.72. The lowest BCUT2D eigenvalue weighted by Gasteiger charge is -2.12. The van der Waals surface area contributed by atoms with Gasteiger partial charge in [0, 0.05) is 5.02 Å². The lowest BCUT2D eigenvalue weighted by molar-refractivity contribution is 0.102. The first kappa shape index (κ1) is 19.2. The van der Waals surface area contributed by atoms with Gasteiger partial charge in [-0.25, -0.2) is 8.42 Å². The molecule has 6 nitrogen and oxygen atoms in total. The van der Waals surface area contributed by atoms with E-state index in [1.165, 1.54) is 35.6 Å². The van der Waals surface area contributed by atoms with Crippen LogP contribution in [0.15, 0.2) is 58.8 Å². The Labute approximate surface area is 165 Å². The molecule has 1 aromatic heterocycles. The third kappa shape index (κ3) is 4.41. The molecule has 0 fully saturated rings. The number of hydrogen-bond acceptors (Lipinski definition) is 5. The third-order valence-corrected chi connectivity index (χ3v) is 6.30. The number of carbonyl (C=O) groups excluding carboxylic acids is 1. The third-order valence-electron chi connectivity index (χ3n) is 3.67. The van der Waals surface area contributed by atoms with Gasteiger partial charge in [0.15, 0.2) is 0 Å². The first-order valence-corrected chi connectivity index (χ1v) is 10.5. The Morgan fingerprint density at radius 1 is 1.15 bits per heavy atom. The van der Waals surface area contributed by atoms with Crippen LogP contribution < -0.4 is 10.0 Å². The maximum Gasteiger partial charge on any atom is 0.266 e. The Hall–Kier alpha value is -2.55. The van der Waals surface area contributed by atoms with Crippen molar-refractivity contribution >= 4 is 50.2 Å². The molecule has 0 atom stereocenters. The monoisotopic (exact) mass is 422 g/mol. The number of hydrogen-bond donors (Lipinski definition) is 3. The van der Waals surface area contributed by atoms with Crippen molar-refractivity contribution in [2.75, 3.05) is 10.0 Å². The number of phenols is 1. The van der Waals surface area contributed by atoms with E-state index in [4.69, 9.17) is 11.6 Å². The fourth-order valence-electron chi connectivity index (χ4n) is 2.33. The summed E-state index contributed by atoms with van der Waals surface area (Å²) in [6.07, 6.45) is 0. The van der Waals surface area contributed by atoms with Crippen molar-refractivity contribution in [1.29, 1.82) is 0 Å². The molecule has 3 N–H and O–H groups in total. The smallest absolute Gasteiger partial charge is 0.266 e. The number of thiophene rings is 1. The van der Waals surface area contributed by atoms with E-state index in [-0.39, 0.29) is 16.3 Å². The van der Waals surface area contributed by atoms with Crippen molar-refractivity contribution in [3.8, 4) is 5.75 Å². The fourth-order valence-corrected chi connectivity index (χ4v) is 4.42. The minimum atomic E-state index is -3.94. The average molecular weight is 423 g/mol. The van der Waals surface area contributed by atoms with E-state index < -0.39 is 15.9 Å². The Bertz CT molecular complexity index is 1110. The Balaban J connectivity index is 1.88. The molecule has 1 amide bonds. The number of carbonyl (C=O) groups is 1. The highest BCUT2D eigenvalue weighted by Crippen LogP contribution is 2.29. The van der Waals surface area contributed by atoms with E-state index in [2.05, 4.69) is 10.0 Å². The van der Waals surface area contributed by atoms with Crippen LogP contribution in [0.1, 0.15) is 15.2 Å². The first-order valence-electron chi connectivity index (χ1n) is 7.73. The molecule has 27 heavy (non-hydrogen) atoms. The SMILES string of the molecule is Cc1ccsc1C(=O)Nc1cc(S(=O)(=O)Nc2cccc(Cl)c2)ccc1O. The van der Waals surface area contributed by atoms with Crippen LogP contribution in [0.2, 0.25) is 5.02 Å². The predicted molar refractivity (Wildman–Crippen MR) is 107 cm³/mol. The molecule has 0 aliphatic heterocycles. The summed E-state index contributed by atoms with van der Waals surface area (Å²) >= 11 is 7.13. The normalized spacial score (nSPS) is 11.2. The highest BCUT2D eigenvalue weighted by atomic mass is 35.5. The lowest BCUT2D eigenvalue weighted by atomic mass is 10.2. The minimum Gasteiger partial charge on any atom is -0.506 e. The standard InChI is InChI=1S/C18H15ClN2O4S2/c1-11-7-8-26-17(11)18(23)20-15-10-14(5-6-16(15)22)27(24,25)21-13-4-2-3-12(19)9-13/h2-10,21-22H,1H3,(H,20,23). The molecule has 0 bridgehead atoms. The van der Waals surface area contributed by atoms with Gasteiger partial charge in [0.05, 0.1) is 21.1 Å². The summed E-state index contributed by atoms with van der Waals surface area (Å²) in [5.41, 5.74) is 1.10.